The smallest absolute Gasteiger partial charge is 0.258 e. The van der Waals surface area contributed by atoms with Gasteiger partial charge in [0.15, 0.2) is 11.5 Å². The van der Waals surface area contributed by atoms with E-state index < -0.39 is 0 Å². The van der Waals surface area contributed by atoms with Crippen molar-refractivity contribution >= 4 is 0 Å². The van der Waals surface area contributed by atoms with E-state index in [4.69, 9.17) is 14.0 Å². The molecule has 0 spiro atoms. The number of nitrogens with zero attached hydrogens (tertiary/aromatic N) is 2. The molecule has 1 fully saturated rings. The summed E-state index contributed by atoms with van der Waals surface area (Å²) >= 11 is 0. The van der Waals surface area contributed by atoms with Gasteiger partial charge in [-0.3, -0.25) is 0 Å². The average Bonchev–Trinajstić information content (AvgIpc) is 3.18. The van der Waals surface area contributed by atoms with Crippen LogP contribution in [0.4, 0.5) is 0 Å². The standard InChI is InChI=1S/C14H16N2O4/c1-18-11-7-9(5-6-10(11)17)14-15-13(16-20-14)12(19-2)8-3-4-8/h5-8,12,17H,3-4H2,1-2H3. The number of hydrogen-bond donors (Lipinski definition) is 1. The second kappa shape index (κ2) is 5.13. The summed E-state index contributed by atoms with van der Waals surface area (Å²) in [5.74, 6) is 1.88. The summed E-state index contributed by atoms with van der Waals surface area (Å²) in [4.78, 5) is 4.38. The van der Waals surface area contributed by atoms with Crippen molar-refractivity contribution in [2.24, 2.45) is 5.92 Å². The van der Waals surface area contributed by atoms with Crippen LogP contribution in [0.15, 0.2) is 22.7 Å². The zero-order valence-corrected chi connectivity index (χ0v) is 11.4. The van der Waals surface area contributed by atoms with Crippen molar-refractivity contribution in [3.8, 4) is 23.0 Å². The minimum Gasteiger partial charge on any atom is -0.504 e. The largest absolute Gasteiger partial charge is 0.504 e. The van der Waals surface area contributed by atoms with E-state index in [1.54, 1.807) is 19.2 Å². The normalized spacial score (nSPS) is 16.1. The fourth-order valence-electron chi connectivity index (χ4n) is 2.19. The topological polar surface area (TPSA) is 77.6 Å². The predicted molar refractivity (Wildman–Crippen MR) is 70.4 cm³/mol. The fourth-order valence-corrected chi connectivity index (χ4v) is 2.19. The lowest BCUT2D eigenvalue weighted by molar-refractivity contribution is 0.0751. The third kappa shape index (κ3) is 2.34. The fraction of sp³-hybridized carbons (Fsp3) is 0.429. The Labute approximate surface area is 116 Å². The Bertz CT molecular complexity index is 607. The summed E-state index contributed by atoms with van der Waals surface area (Å²) in [6.07, 6.45) is 2.16. The molecule has 3 rings (SSSR count). The van der Waals surface area contributed by atoms with Crippen molar-refractivity contribution in [2.45, 2.75) is 18.9 Å². The molecule has 20 heavy (non-hydrogen) atoms. The lowest BCUT2D eigenvalue weighted by Crippen LogP contribution is -2.05. The van der Waals surface area contributed by atoms with Crippen molar-refractivity contribution in [2.75, 3.05) is 14.2 Å². The second-order valence-electron chi connectivity index (χ2n) is 4.84. The van der Waals surface area contributed by atoms with Crippen molar-refractivity contribution in [3.05, 3.63) is 24.0 Å². The van der Waals surface area contributed by atoms with Crippen LogP contribution >= 0.6 is 0 Å². The summed E-state index contributed by atoms with van der Waals surface area (Å²) < 4.78 is 15.8. The summed E-state index contributed by atoms with van der Waals surface area (Å²) in [7, 11) is 3.15. The number of phenolic OH excluding ortho intramolecular Hbond substituents is 1. The van der Waals surface area contributed by atoms with Crippen LogP contribution in [-0.2, 0) is 4.74 Å². The zero-order valence-electron chi connectivity index (χ0n) is 11.4. The zero-order chi connectivity index (χ0) is 14.1. The van der Waals surface area contributed by atoms with Crippen LogP contribution in [0.5, 0.6) is 11.5 Å². The molecule has 6 heteroatoms. The lowest BCUT2D eigenvalue weighted by Gasteiger charge is -2.08. The molecule has 6 nitrogen and oxygen atoms in total. The van der Waals surface area contributed by atoms with Gasteiger partial charge in [-0.15, -0.1) is 0 Å². The van der Waals surface area contributed by atoms with Gasteiger partial charge in [-0.25, -0.2) is 0 Å². The van der Waals surface area contributed by atoms with Crippen molar-refractivity contribution in [3.63, 3.8) is 0 Å². The van der Waals surface area contributed by atoms with Crippen molar-refractivity contribution in [1.29, 1.82) is 0 Å². The molecule has 1 heterocycles. The average molecular weight is 276 g/mol. The Morgan fingerprint density at radius 1 is 1.35 bits per heavy atom. The van der Waals surface area contributed by atoms with Crippen LogP contribution in [0.2, 0.25) is 0 Å². The monoisotopic (exact) mass is 276 g/mol. The van der Waals surface area contributed by atoms with Gasteiger partial charge < -0.3 is 19.1 Å². The highest BCUT2D eigenvalue weighted by Crippen LogP contribution is 2.42. The van der Waals surface area contributed by atoms with Crippen LogP contribution in [0.3, 0.4) is 0 Å². The summed E-state index contributed by atoms with van der Waals surface area (Å²) in [5, 5.41) is 13.6. The van der Waals surface area contributed by atoms with Crippen molar-refractivity contribution in [1.82, 2.24) is 10.1 Å². The van der Waals surface area contributed by atoms with Gasteiger partial charge in [0.1, 0.15) is 6.10 Å². The van der Waals surface area contributed by atoms with Gasteiger partial charge in [0.05, 0.1) is 7.11 Å². The van der Waals surface area contributed by atoms with E-state index in [2.05, 4.69) is 10.1 Å². The molecule has 0 bridgehead atoms. The SMILES string of the molecule is COc1cc(-c2nc(C(OC)C3CC3)no2)ccc1O. The first-order chi connectivity index (χ1) is 9.72. The first-order valence-corrected chi connectivity index (χ1v) is 6.46. The molecule has 1 atom stereocenters. The van der Waals surface area contributed by atoms with E-state index in [-0.39, 0.29) is 11.9 Å². The molecule has 0 radical (unpaired) electrons. The van der Waals surface area contributed by atoms with E-state index in [0.717, 1.165) is 12.8 Å². The number of hydrogen-bond acceptors (Lipinski definition) is 6. The molecule has 1 unspecified atom stereocenters. The maximum absolute atomic E-state index is 9.58. The van der Waals surface area contributed by atoms with Gasteiger partial charge in [0.2, 0.25) is 5.82 Å². The highest BCUT2D eigenvalue weighted by atomic mass is 16.5. The Morgan fingerprint density at radius 3 is 2.80 bits per heavy atom. The molecule has 1 aliphatic rings. The van der Waals surface area contributed by atoms with Gasteiger partial charge >= 0.3 is 0 Å². The van der Waals surface area contributed by atoms with E-state index in [1.807, 2.05) is 0 Å². The molecule has 2 aromatic rings. The number of aromatic hydroxyl groups is 1. The summed E-state index contributed by atoms with van der Waals surface area (Å²) in [5.41, 5.74) is 0.698. The second-order valence-corrected chi connectivity index (χ2v) is 4.84. The summed E-state index contributed by atoms with van der Waals surface area (Å²) in [6, 6.07) is 4.90. The van der Waals surface area contributed by atoms with Crippen LogP contribution in [-0.4, -0.2) is 29.5 Å². The first kappa shape index (κ1) is 12.9. The molecule has 1 saturated carbocycles. The number of aromatic nitrogens is 2. The van der Waals surface area contributed by atoms with Gasteiger partial charge in [-0.1, -0.05) is 5.16 Å². The molecule has 0 saturated heterocycles. The van der Waals surface area contributed by atoms with Gasteiger partial charge in [-0.2, -0.15) is 4.98 Å². The van der Waals surface area contributed by atoms with Crippen molar-refractivity contribution < 1.29 is 19.1 Å². The molecular weight excluding hydrogens is 260 g/mol. The highest BCUT2D eigenvalue weighted by Gasteiger charge is 2.35. The van der Waals surface area contributed by atoms with Crippen LogP contribution in [0, 0.1) is 5.92 Å². The van der Waals surface area contributed by atoms with Crippen LogP contribution < -0.4 is 4.74 Å². The van der Waals surface area contributed by atoms with Crippen LogP contribution in [0.1, 0.15) is 24.8 Å². The van der Waals surface area contributed by atoms with Gasteiger partial charge in [0.25, 0.3) is 5.89 Å². The van der Waals surface area contributed by atoms with Gasteiger partial charge in [0, 0.05) is 12.7 Å². The molecule has 1 aromatic carbocycles. The van der Waals surface area contributed by atoms with Crippen LogP contribution in [0.25, 0.3) is 11.5 Å². The van der Waals surface area contributed by atoms with E-state index in [9.17, 15) is 5.11 Å². The quantitative estimate of drug-likeness (QED) is 0.904. The first-order valence-electron chi connectivity index (χ1n) is 6.46. The predicted octanol–water partition coefficient (Wildman–Crippen LogP) is 2.55. The Kier molecular flexibility index (Phi) is 3.31. The van der Waals surface area contributed by atoms with E-state index >= 15 is 0 Å². The summed E-state index contributed by atoms with van der Waals surface area (Å²) in [6.45, 7) is 0. The molecule has 1 aliphatic carbocycles. The number of methoxy groups -OCH3 is 2. The Balaban J connectivity index is 1.89. The minimum absolute atomic E-state index is 0.0729. The maximum Gasteiger partial charge on any atom is 0.258 e. The minimum atomic E-state index is -0.105. The number of ether oxygens (including phenoxy) is 2. The molecule has 1 N–H and O–H groups in total. The molecule has 1 aromatic heterocycles. The maximum atomic E-state index is 9.58. The number of benzene rings is 1. The Hall–Kier alpha value is -2.08. The third-order valence-corrected chi connectivity index (χ3v) is 3.43. The Morgan fingerprint density at radius 2 is 2.15 bits per heavy atom. The van der Waals surface area contributed by atoms with E-state index in [1.165, 1.54) is 13.2 Å². The lowest BCUT2D eigenvalue weighted by atomic mass is 10.2. The molecule has 0 aliphatic heterocycles. The molecule has 106 valence electrons. The highest BCUT2D eigenvalue weighted by molar-refractivity contribution is 5.59. The van der Waals surface area contributed by atoms with Gasteiger partial charge in [-0.05, 0) is 37.0 Å². The van der Waals surface area contributed by atoms with E-state index in [0.29, 0.717) is 28.9 Å². The third-order valence-electron chi connectivity index (χ3n) is 3.43. The molecular formula is C14H16N2O4. The number of rotatable bonds is 5. The number of phenols is 1. The molecule has 0 amide bonds.